The molecule has 2 rings (SSSR count). The average Bonchev–Trinajstić information content (AvgIpc) is 2.46. The van der Waals surface area contributed by atoms with Crippen molar-refractivity contribution in [1.82, 2.24) is 0 Å². The van der Waals surface area contributed by atoms with Crippen molar-refractivity contribution >= 4 is 29.0 Å². The van der Waals surface area contributed by atoms with Crippen LogP contribution in [0.5, 0.6) is 0 Å². The first-order valence-corrected chi connectivity index (χ1v) is 6.87. The van der Waals surface area contributed by atoms with Crippen molar-refractivity contribution in [3.63, 3.8) is 0 Å². The molecule has 1 amide bonds. The molecule has 0 aromatic heterocycles. The molecule has 21 heavy (non-hydrogen) atoms. The third-order valence-corrected chi connectivity index (χ3v) is 3.53. The third-order valence-electron chi connectivity index (χ3n) is 2.54. The second-order valence-corrected chi connectivity index (χ2v) is 5.18. The van der Waals surface area contributed by atoms with E-state index in [-0.39, 0.29) is 5.75 Å². The van der Waals surface area contributed by atoms with Gasteiger partial charge in [0.2, 0.25) is 5.91 Å². The summed E-state index contributed by atoms with van der Waals surface area (Å²) in [7, 11) is 0. The lowest BCUT2D eigenvalue weighted by molar-refractivity contribution is -0.113. The first-order valence-electron chi connectivity index (χ1n) is 5.89. The van der Waals surface area contributed by atoms with Gasteiger partial charge in [0.15, 0.2) is 17.5 Å². The Labute approximate surface area is 123 Å². The van der Waals surface area contributed by atoms with Gasteiger partial charge in [-0.25, -0.2) is 13.2 Å². The fourth-order valence-electron chi connectivity index (χ4n) is 1.56. The zero-order valence-electron chi connectivity index (χ0n) is 10.7. The quantitative estimate of drug-likeness (QED) is 0.517. The van der Waals surface area contributed by atoms with E-state index < -0.39 is 29.0 Å². The highest BCUT2D eigenvalue weighted by Gasteiger charge is 2.15. The van der Waals surface area contributed by atoms with Gasteiger partial charge in [0.05, 0.1) is 11.4 Å². The van der Waals surface area contributed by atoms with E-state index in [4.69, 9.17) is 5.73 Å². The number of nitrogen functional groups attached to an aromatic ring is 1. The molecule has 2 aromatic carbocycles. The Morgan fingerprint density at radius 3 is 2.62 bits per heavy atom. The highest BCUT2D eigenvalue weighted by atomic mass is 32.2. The summed E-state index contributed by atoms with van der Waals surface area (Å²) < 4.78 is 39.2. The summed E-state index contributed by atoms with van der Waals surface area (Å²) in [5, 5.41) is 2.19. The van der Waals surface area contributed by atoms with E-state index in [1.807, 2.05) is 0 Å². The van der Waals surface area contributed by atoms with Gasteiger partial charge in [0, 0.05) is 10.6 Å². The van der Waals surface area contributed by atoms with Gasteiger partial charge in [0.1, 0.15) is 0 Å². The summed E-state index contributed by atoms with van der Waals surface area (Å²) >= 11 is 1.19. The Bertz CT molecular complexity index is 679. The lowest BCUT2D eigenvalue weighted by Gasteiger charge is -2.07. The van der Waals surface area contributed by atoms with E-state index in [2.05, 4.69) is 5.32 Å². The van der Waals surface area contributed by atoms with Gasteiger partial charge >= 0.3 is 0 Å². The number of thioether (sulfide) groups is 1. The Balaban J connectivity index is 1.98. The van der Waals surface area contributed by atoms with Gasteiger partial charge in [-0.3, -0.25) is 4.79 Å². The summed E-state index contributed by atoms with van der Waals surface area (Å²) in [5.74, 6) is -4.89. The number of carbonyl (C=O) groups excluding carboxylic acids is 1. The summed E-state index contributed by atoms with van der Waals surface area (Å²) in [5.41, 5.74) is 5.76. The molecule has 0 heterocycles. The van der Waals surface area contributed by atoms with Crippen LogP contribution in [0.25, 0.3) is 0 Å². The van der Waals surface area contributed by atoms with E-state index in [9.17, 15) is 18.0 Å². The van der Waals surface area contributed by atoms with Crippen LogP contribution in [0.15, 0.2) is 41.3 Å². The van der Waals surface area contributed by atoms with Gasteiger partial charge in [0.25, 0.3) is 0 Å². The first kappa shape index (κ1) is 15.2. The molecule has 0 saturated heterocycles. The molecule has 0 unspecified atom stereocenters. The SMILES string of the molecule is Nc1cccc(SCC(=O)Nc2ccc(F)c(F)c2F)c1. The fourth-order valence-corrected chi connectivity index (χ4v) is 2.33. The van der Waals surface area contributed by atoms with Crippen LogP contribution in [0, 0.1) is 17.5 Å². The molecular weight excluding hydrogens is 301 g/mol. The monoisotopic (exact) mass is 312 g/mol. The lowest BCUT2D eigenvalue weighted by atomic mass is 10.3. The molecule has 3 N–H and O–H groups in total. The maximum atomic E-state index is 13.4. The van der Waals surface area contributed by atoms with Gasteiger partial charge in [-0.1, -0.05) is 6.07 Å². The average molecular weight is 312 g/mol. The van der Waals surface area contributed by atoms with E-state index in [1.165, 1.54) is 11.8 Å². The summed E-state index contributed by atoms with van der Waals surface area (Å²) in [4.78, 5) is 12.4. The number of benzene rings is 2. The maximum Gasteiger partial charge on any atom is 0.234 e. The molecule has 2 aromatic rings. The molecule has 0 saturated carbocycles. The van der Waals surface area contributed by atoms with Crippen LogP contribution in [0.1, 0.15) is 0 Å². The Morgan fingerprint density at radius 1 is 1.14 bits per heavy atom. The summed E-state index contributed by atoms with van der Waals surface area (Å²) in [6.45, 7) is 0. The summed E-state index contributed by atoms with van der Waals surface area (Å²) in [6, 6.07) is 8.63. The number of halogens is 3. The normalized spacial score (nSPS) is 10.4. The molecule has 0 spiro atoms. The van der Waals surface area contributed by atoms with Crippen molar-refractivity contribution in [1.29, 1.82) is 0 Å². The molecule has 0 fully saturated rings. The second kappa shape index (κ2) is 6.53. The van der Waals surface area contributed by atoms with Crippen LogP contribution in [-0.2, 0) is 4.79 Å². The van der Waals surface area contributed by atoms with Crippen LogP contribution in [-0.4, -0.2) is 11.7 Å². The molecular formula is C14H11F3N2OS. The van der Waals surface area contributed by atoms with Crippen molar-refractivity contribution in [3.8, 4) is 0 Å². The smallest absolute Gasteiger partial charge is 0.234 e. The third kappa shape index (κ3) is 3.91. The molecule has 0 aliphatic rings. The zero-order chi connectivity index (χ0) is 15.4. The van der Waals surface area contributed by atoms with Gasteiger partial charge < -0.3 is 11.1 Å². The minimum Gasteiger partial charge on any atom is -0.399 e. The molecule has 7 heteroatoms. The molecule has 110 valence electrons. The largest absolute Gasteiger partial charge is 0.399 e. The number of nitrogens with two attached hydrogens (primary N) is 1. The fraction of sp³-hybridized carbons (Fsp3) is 0.0714. The minimum atomic E-state index is -1.61. The van der Waals surface area contributed by atoms with Crippen LogP contribution < -0.4 is 11.1 Å². The number of rotatable bonds is 4. The topological polar surface area (TPSA) is 55.1 Å². The van der Waals surface area contributed by atoms with Crippen molar-refractivity contribution < 1.29 is 18.0 Å². The molecule has 0 aliphatic heterocycles. The Kier molecular flexibility index (Phi) is 4.74. The number of hydrogen-bond acceptors (Lipinski definition) is 3. The number of carbonyl (C=O) groups is 1. The van der Waals surface area contributed by atoms with Gasteiger partial charge in [-0.15, -0.1) is 11.8 Å². The van der Waals surface area contributed by atoms with Gasteiger partial charge in [-0.05, 0) is 30.3 Å². The van der Waals surface area contributed by atoms with E-state index in [0.717, 1.165) is 17.0 Å². The first-order chi connectivity index (χ1) is 9.97. The predicted octanol–water partition coefficient (Wildman–Crippen LogP) is 3.42. The van der Waals surface area contributed by atoms with Crippen LogP contribution >= 0.6 is 11.8 Å². The maximum absolute atomic E-state index is 13.4. The van der Waals surface area contributed by atoms with Crippen molar-refractivity contribution in [2.75, 3.05) is 16.8 Å². The van der Waals surface area contributed by atoms with Crippen LogP contribution in [0.2, 0.25) is 0 Å². The number of amides is 1. The van der Waals surface area contributed by atoms with E-state index in [1.54, 1.807) is 24.3 Å². The molecule has 0 atom stereocenters. The van der Waals surface area contributed by atoms with Crippen molar-refractivity contribution in [2.24, 2.45) is 0 Å². The molecule has 0 aliphatic carbocycles. The van der Waals surface area contributed by atoms with Crippen LogP contribution in [0.4, 0.5) is 24.5 Å². The Morgan fingerprint density at radius 2 is 1.90 bits per heavy atom. The van der Waals surface area contributed by atoms with E-state index in [0.29, 0.717) is 5.69 Å². The minimum absolute atomic E-state index is 0.0120. The van der Waals surface area contributed by atoms with Crippen LogP contribution in [0.3, 0.4) is 0 Å². The molecule has 0 bridgehead atoms. The predicted molar refractivity (Wildman–Crippen MR) is 76.5 cm³/mol. The van der Waals surface area contributed by atoms with Gasteiger partial charge in [-0.2, -0.15) is 0 Å². The second-order valence-electron chi connectivity index (χ2n) is 4.13. The number of anilines is 2. The summed E-state index contributed by atoms with van der Waals surface area (Å²) in [6.07, 6.45) is 0. The molecule has 0 radical (unpaired) electrons. The standard InChI is InChI=1S/C14H11F3N2OS/c15-10-4-5-11(14(17)13(10)16)19-12(20)7-21-9-3-1-2-8(18)6-9/h1-6H,7,18H2,(H,19,20). The van der Waals surface area contributed by atoms with Crippen molar-refractivity contribution in [3.05, 3.63) is 53.8 Å². The van der Waals surface area contributed by atoms with Crippen molar-refractivity contribution in [2.45, 2.75) is 4.90 Å². The van der Waals surface area contributed by atoms with E-state index >= 15 is 0 Å². The Hall–Kier alpha value is -2.15. The number of hydrogen-bond donors (Lipinski definition) is 2. The number of nitrogens with one attached hydrogen (secondary N) is 1. The zero-order valence-corrected chi connectivity index (χ0v) is 11.5. The lowest BCUT2D eigenvalue weighted by Crippen LogP contribution is -2.15. The highest BCUT2D eigenvalue weighted by Crippen LogP contribution is 2.22. The highest BCUT2D eigenvalue weighted by molar-refractivity contribution is 8.00. The molecule has 3 nitrogen and oxygen atoms in total.